The summed E-state index contributed by atoms with van der Waals surface area (Å²) in [6.07, 6.45) is 4.40. The molecule has 0 saturated carbocycles. The van der Waals surface area contributed by atoms with Crippen LogP contribution in [0.25, 0.3) is 0 Å². The normalized spacial score (nSPS) is 14.9. The molecule has 0 N–H and O–H groups in total. The number of hydrogen-bond acceptors (Lipinski definition) is 2. The van der Waals surface area contributed by atoms with Crippen LogP contribution in [0.3, 0.4) is 0 Å². The minimum atomic E-state index is -1.59. The van der Waals surface area contributed by atoms with Crippen LogP contribution < -0.4 is 10.4 Å². The van der Waals surface area contributed by atoms with E-state index in [1.807, 2.05) is 23.5 Å². The van der Waals surface area contributed by atoms with E-state index in [4.69, 9.17) is 0 Å². The van der Waals surface area contributed by atoms with E-state index in [2.05, 4.69) is 166 Å². The summed E-state index contributed by atoms with van der Waals surface area (Å²) in [4.78, 5) is 2.81. The second-order valence-electron chi connectivity index (χ2n) is 16.5. The lowest BCUT2D eigenvalue weighted by molar-refractivity contribution is 1.48. The van der Waals surface area contributed by atoms with Crippen molar-refractivity contribution < 1.29 is 0 Å². The zero-order valence-electron chi connectivity index (χ0n) is 29.4. The Labute approximate surface area is 265 Å². The van der Waals surface area contributed by atoms with Crippen LogP contribution in [0.2, 0.25) is 105 Å². The van der Waals surface area contributed by atoms with Gasteiger partial charge >= 0.3 is 0 Å². The van der Waals surface area contributed by atoms with Gasteiger partial charge in [-0.2, -0.15) is 0 Å². The average molecular weight is 712 g/mol. The van der Waals surface area contributed by atoms with Gasteiger partial charge in [0.1, 0.15) is 0 Å². The number of thioether (sulfide) groups is 2. The summed E-state index contributed by atoms with van der Waals surface area (Å²) in [6, 6.07) is 19.7. The van der Waals surface area contributed by atoms with Crippen LogP contribution >= 0.6 is 23.5 Å². The van der Waals surface area contributed by atoms with Crippen molar-refractivity contribution >= 4 is 91.7 Å². The zero-order chi connectivity index (χ0) is 31.4. The topological polar surface area (TPSA) is 0 Å². The molecule has 2 rings (SSSR count). The predicted molar refractivity (Wildman–Crippen MR) is 216 cm³/mol. The van der Waals surface area contributed by atoms with Crippen molar-refractivity contribution in [3.05, 3.63) is 48.5 Å². The molecule has 40 heavy (non-hydrogen) atoms. The smallest absolute Gasteiger partial charge is 0.0711 e. The molecule has 2 aromatic carbocycles. The molecule has 0 amide bonds. The van der Waals surface area contributed by atoms with Crippen LogP contribution in [0.15, 0.2) is 58.3 Å². The minimum absolute atomic E-state index is 1.41. The maximum atomic E-state index is 2.95. The summed E-state index contributed by atoms with van der Waals surface area (Å²) in [6.45, 7) is 46.0. The second kappa shape index (κ2) is 12.0. The van der Waals surface area contributed by atoms with Gasteiger partial charge in [-0.05, 0) is 36.8 Å². The van der Waals surface area contributed by atoms with Gasteiger partial charge < -0.3 is 0 Å². The SMILES string of the molecule is CSc1ccc([Si](C)(C)[Si](C)(C)[Si](C)(C)[Si](C)(C)[Si](C)(C)[Si](C)(C)[Si](C)(C)[Si](C)(C)c2ccc(SC)cc2)cc1. The molecule has 0 aromatic heterocycles. The van der Waals surface area contributed by atoms with Gasteiger partial charge in [0.15, 0.2) is 0 Å². The Kier molecular flexibility index (Phi) is 11.1. The molecular formula is C30H62S2Si8. The van der Waals surface area contributed by atoms with Crippen LogP contribution in [-0.4, -0.2) is 70.3 Å². The molecule has 0 radical (unpaired) electrons. The molecule has 0 aliphatic carbocycles. The van der Waals surface area contributed by atoms with E-state index >= 15 is 0 Å². The molecular weight excluding hydrogens is 649 g/mol. The fourth-order valence-electron chi connectivity index (χ4n) is 7.42. The standard InChI is InChI=1S/C30H62S2Si8/c1-31-27-19-23-29(24-20-27)33(3,4)35(7,8)37(11,12)39(15,16)40(17,18)38(13,14)36(9,10)34(5,6)30-25-21-28(32-2)22-26-30/h19-26H,1-18H3. The van der Waals surface area contributed by atoms with E-state index < -0.39 is 57.8 Å². The van der Waals surface area contributed by atoms with Crippen molar-refractivity contribution in [2.75, 3.05) is 12.5 Å². The maximum absolute atomic E-state index is 2.95. The van der Waals surface area contributed by atoms with E-state index in [0.717, 1.165) is 0 Å². The highest BCUT2D eigenvalue weighted by Gasteiger charge is 2.69. The largest absolute Gasteiger partial charge is 0.130 e. The molecule has 0 nitrogen and oxygen atoms in total. The maximum Gasteiger partial charge on any atom is 0.0711 e. The third kappa shape index (κ3) is 5.59. The number of benzene rings is 2. The molecule has 0 fully saturated rings. The number of hydrogen-bond donors (Lipinski definition) is 0. The lowest BCUT2D eigenvalue weighted by Gasteiger charge is -2.65. The van der Waals surface area contributed by atoms with Crippen molar-refractivity contribution in [2.24, 2.45) is 0 Å². The highest BCUT2D eigenvalue weighted by molar-refractivity contribution is 8.04. The molecule has 0 heterocycles. The molecule has 0 aliphatic heterocycles. The van der Waals surface area contributed by atoms with Crippen LogP contribution in [0.4, 0.5) is 0 Å². The predicted octanol–water partition coefficient (Wildman–Crippen LogP) is 9.46. The summed E-state index contributed by atoms with van der Waals surface area (Å²) in [7, 11) is -12.2. The Bertz CT molecular complexity index is 1070. The van der Waals surface area contributed by atoms with Gasteiger partial charge in [0.05, 0.1) is 15.2 Å². The van der Waals surface area contributed by atoms with Crippen molar-refractivity contribution in [1.29, 1.82) is 0 Å². The molecule has 0 spiro atoms. The van der Waals surface area contributed by atoms with Gasteiger partial charge in [0.25, 0.3) is 0 Å². The highest BCUT2D eigenvalue weighted by Crippen LogP contribution is 2.45. The van der Waals surface area contributed by atoms with Crippen molar-refractivity contribution in [3.8, 4) is 0 Å². The molecule has 0 atom stereocenters. The van der Waals surface area contributed by atoms with Crippen LogP contribution in [0.1, 0.15) is 0 Å². The Hall–Kier alpha value is 0.875. The summed E-state index contributed by atoms with van der Waals surface area (Å²) >= 11 is 3.75. The van der Waals surface area contributed by atoms with Gasteiger partial charge in [0, 0.05) is 52.4 Å². The molecule has 0 unspecified atom stereocenters. The summed E-state index contributed by atoms with van der Waals surface area (Å²) in [5.74, 6) is 0. The summed E-state index contributed by atoms with van der Waals surface area (Å²) in [5.41, 5.74) is 0. The molecule has 2 aromatic rings. The van der Waals surface area contributed by atoms with Gasteiger partial charge in [-0.15, -0.1) is 23.5 Å². The fourth-order valence-corrected chi connectivity index (χ4v) is 239. The zero-order valence-corrected chi connectivity index (χ0v) is 39.1. The van der Waals surface area contributed by atoms with E-state index in [1.54, 1.807) is 10.4 Å². The van der Waals surface area contributed by atoms with Gasteiger partial charge in [0.2, 0.25) is 0 Å². The third-order valence-corrected chi connectivity index (χ3v) is 188. The summed E-state index contributed by atoms with van der Waals surface area (Å²) < 4.78 is 0. The molecule has 226 valence electrons. The van der Waals surface area contributed by atoms with Crippen LogP contribution in [0.5, 0.6) is 0 Å². The monoisotopic (exact) mass is 710 g/mol. The molecule has 0 saturated heterocycles. The van der Waals surface area contributed by atoms with Crippen LogP contribution in [0, 0.1) is 0 Å². The first-order valence-corrected chi connectivity index (χ1v) is 48.6. The molecule has 10 heteroatoms. The highest BCUT2D eigenvalue weighted by atomic mass is 32.2. The van der Waals surface area contributed by atoms with E-state index in [0.29, 0.717) is 0 Å². The second-order valence-corrected chi connectivity index (χ2v) is 107. The van der Waals surface area contributed by atoms with Gasteiger partial charge in [-0.3, -0.25) is 0 Å². The quantitative estimate of drug-likeness (QED) is 0.168. The molecule has 0 bridgehead atoms. The van der Waals surface area contributed by atoms with Crippen LogP contribution in [-0.2, 0) is 0 Å². The van der Waals surface area contributed by atoms with E-state index in [9.17, 15) is 0 Å². The van der Waals surface area contributed by atoms with Crippen molar-refractivity contribution in [2.45, 2.75) is 115 Å². The molecule has 0 aliphatic rings. The Morgan fingerprint density at radius 3 is 0.725 bits per heavy atom. The van der Waals surface area contributed by atoms with Crippen molar-refractivity contribution in [1.82, 2.24) is 0 Å². The Balaban J connectivity index is 2.64. The lowest BCUT2D eigenvalue weighted by Crippen LogP contribution is -2.93. The first-order valence-electron chi connectivity index (χ1n) is 15.1. The third-order valence-electron chi connectivity index (χ3n) is 14.6. The van der Waals surface area contributed by atoms with Crippen molar-refractivity contribution in [3.63, 3.8) is 0 Å². The van der Waals surface area contributed by atoms with E-state index in [-0.39, 0.29) is 0 Å². The first-order chi connectivity index (χ1) is 17.8. The Morgan fingerprint density at radius 1 is 0.325 bits per heavy atom. The van der Waals surface area contributed by atoms with E-state index in [1.165, 1.54) is 9.79 Å². The Morgan fingerprint density at radius 2 is 0.525 bits per heavy atom. The first kappa shape index (κ1) is 37.1. The lowest BCUT2D eigenvalue weighted by atomic mass is 10.4. The van der Waals surface area contributed by atoms with Gasteiger partial charge in [-0.1, -0.05) is 139 Å². The summed E-state index contributed by atoms with van der Waals surface area (Å²) in [5, 5.41) is 3.44. The fraction of sp³-hybridized carbons (Fsp3) is 0.600. The minimum Gasteiger partial charge on any atom is -0.130 e. The van der Waals surface area contributed by atoms with Gasteiger partial charge in [-0.25, -0.2) is 0 Å². The average Bonchev–Trinajstić information content (AvgIpc) is 2.87. The number of rotatable bonds is 11.